The molecule has 1 aromatic carbocycles. The van der Waals surface area contributed by atoms with Gasteiger partial charge in [-0.1, -0.05) is 18.2 Å². The van der Waals surface area contributed by atoms with Gasteiger partial charge in [0.2, 0.25) is 0 Å². The van der Waals surface area contributed by atoms with Crippen molar-refractivity contribution in [3.05, 3.63) is 40.3 Å². The number of rotatable bonds is 2. The summed E-state index contributed by atoms with van der Waals surface area (Å²) in [6.07, 6.45) is 2.30. The highest BCUT2D eigenvalue weighted by molar-refractivity contribution is 6.04. The molecular formula is C16H17N3O3. The molecule has 6 nitrogen and oxygen atoms in total. The van der Waals surface area contributed by atoms with Crippen molar-refractivity contribution in [1.82, 2.24) is 15.1 Å². The van der Waals surface area contributed by atoms with Crippen LogP contribution < -0.4 is 5.56 Å². The number of hydrogen-bond donors (Lipinski definition) is 1. The van der Waals surface area contributed by atoms with E-state index in [-0.39, 0.29) is 17.5 Å². The van der Waals surface area contributed by atoms with E-state index in [1.165, 1.54) is 0 Å². The quantitative estimate of drug-likeness (QED) is 0.903. The lowest BCUT2D eigenvalue weighted by Gasteiger charge is -2.35. The highest BCUT2D eigenvalue weighted by Crippen LogP contribution is 2.37. The molecule has 2 aromatic rings. The molecule has 6 heteroatoms. The fraction of sp³-hybridized carbons (Fsp3) is 0.438. The Labute approximate surface area is 127 Å². The van der Waals surface area contributed by atoms with E-state index in [9.17, 15) is 9.59 Å². The van der Waals surface area contributed by atoms with E-state index in [2.05, 4.69) is 10.2 Å². The second-order valence-corrected chi connectivity index (χ2v) is 5.93. The van der Waals surface area contributed by atoms with Gasteiger partial charge in [0.05, 0.1) is 24.6 Å². The van der Waals surface area contributed by atoms with Crippen molar-refractivity contribution < 1.29 is 9.53 Å². The smallest absolute Gasteiger partial charge is 0.275 e. The van der Waals surface area contributed by atoms with Crippen LogP contribution in [0.1, 0.15) is 23.3 Å². The standard InChI is InChI=1S/C16H17N3O3/c20-15-12-4-2-1-3-11(12)14(17-18-15)16(21)19-7-8-22-9-13(19)10-5-6-10/h1-4,10,13H,5-9H2,(H,18,20)/t13-/m1/s1. The van der Waals surface area contributed by atoms with Crippen molar-refractivity contribution in [3.8, 4) is 0 Å². The Balaban J connectivity index is 1.76. The third kappa shape index (κ3) is 2.20. The molecule has 1 saturated heterocycles. The number of carbonyl (C=O) groups excluding carboxylic acids is 1. The minimum atomic E-state index is -0.270. The van der Waals surface area contributed by atoms with Gasteiger partial charge in [-0.25, -0.2) is 5.10 Å². The molecule has 1 N–H and O–H groups in total. The van der Waals surface area contributed by atoms with Gasteiger partial charge in [0.15, 0.2) is 5.69 Å². The largest absolute Gasteiger partial charge is 0.377 e. The van der Waals surface area contributed by atoms with E-state index in [4.69, 9.17) is 4.74 Å². The molecule has 0 bridgehead atoms. The summed E-state index contributed by atoms with van der Waals surface area (Å²) in [6.45, 7) is 1.73. The second-order valence-electron chi connectivity index (χ2n) is 5.93. The molecule has 1 saturated carbocycles. The number of aromatic amines is 1. The molecule has 1 atom stereocenters. The number of H-pyrrole nitrogens is 1. The molecule has 1 aromatic heterocycles. The van der Waals surface area contributed by atoms with Crippen molar-refractivity contribution in [1.29, 1.82) is 0 Å². The average molecular weight is 299 g/mol. The third-order valence-corrected chi connectivity index (χ3v) is 4.49. The number of benzene rings is 1. The number of fused-ring (bicyclic) bond motifs is 1. The average Bonchev–Trinajstić information content (AvgIpc) is 3.40. The van der Waals surface area contributed by atoms with Gasteiger partial charge in [-0.05, 0) is 24.8 Å². The second kappa shape index (κ2) is 5.21. The molecule has 2 aliphatic rings. The van der Waals surface area contributed by atoms with E-state index in [1.54, 1.807) is 18.2 Å². The number of carbonyl (C=O) groups is 1. The molecule has 2 heterocycles. The Hall–Kier alpha value is -2.21. The number of morpholine rings is 1. The van der Waals surface area contributed by atoms with Crippen LogP contribution in [0.5, 0.6) is 0 Å². The first kappa shape index (κ1) is 13.5. The van der Waals surface area contributed by atoms with Crippen LogP contribution in [0, 0.1) is 5.92 Å². The normalized spacial score (nSPS) is 22.0. The Kier molecular flexibility index (Phi) is 3.18. The Bertz CT molecular complexity index is 782. The predicted octanol–water partition coefficient (Wildman–Crippen LogP) is 1.17. The van der Waals surface area contributed by atoms with Gasteiger partial charge < -0.3 is 9.64 Å². The molecule has 1 aliphatic heterocycles. The highest BCUT2D eigenvalue weighted by Gasteiger charge is 2.40. The zero-order chi connectivity index (χ0) is 15.1. The van der Waals surface area contributed by atoms with E-state index in [1.807, 2.05) is 11.0 Å². The van der Waals surface area contributed by atoms with Crippen molar-refractivity contribution >= 4 is 16.7 Å². The lowest BCUT2D eigenvalue weighted by Crippen LogP contribution is -2.50. The molecule has 2 fully saturated rings. The molecule has 1 aliphatic carbocycles. The molecule has 0 radical (unpaired) electrons. The summed E-state index contributed by atoms with van der Waals surface area (Å²) in [5.41, 5.74) is 0.0515. The minimum absolute atomic E-state index is 0.118. The highest BCUT2D eigenvalue weighted by atomic mass is 16.5. The number of ether oxygens (including phenoxy) is 1. The Morgan fingerprint density at radius 2 is 2.05 bits per heavy atom. The van der Waals surface area contributed by atoms with Gasteiger partial charge in [-0.2, -0.15) is 5.10 Å². The van der Waals surface area contributed by atoms with Gasteiger partial charge in [0, 0.05) is 11.9 Å². The van der Waals surface area contributed by atoms with E-state index < -0.39 is 0 Å². The molecule has 0 spiro atoms. The Morgan fingerprint density at radius 1 is 1.27 bits per heavy atom. The predicted molar refractivity (Wildman–Crippen MR) is 80.7 cm³/mol. The maximum Gasteiger partial charge on any atom is 0.275 e. The SMILES string of the molecule is O=C(c1n[nH]c(=O)c2ccccc12)N1CCOC[C@@H]1C1CC1. The molecule has 1 amide bonds. The van der Waals surface area contributed by atoms with Gasteiger partial charge in [-0.3, -0.25) is 9.59 Å². The lowest BCUT2D eigenvalue weighted by molar-refractivity contribution is -0.00858. The monoisotopic (exact) mass is 299 g/mol. The van der Waals surface area contributed by atoms with E-state index in [0.29, 0.717) is 42.1 Å². The summed E-state index contributed by atoms with van der Waals surface area (Å²) >= 11 is 0. The number of aromatic nitrogens is 2. The zero-order valence-electron chi connectivity index (χ0n) is 12.1. The maximum absolute atomic E-state index is 13.0. The molecule has 0 unspecified atom stereocenters. The van der Waals surface area contributed by atoms with Crippen LogP contribution in [-0.2, 0) is 4.74 Å². The van der Waals surface area contributed by atoms with Crippen molar-refractivity contribution in [2.24, 2.45) is 5.92 Å². The zero-order valence-corrected chi connectivity index (χ0v) is 12.1. The van der Waals surface area contributed by atoms with Gasteiger partial charge >= 0.3 is 0 Å². The van der Waals surface area contributed by atoms with E-state index >= 15 is 0 Å². The molecule has 114 valence electrons. The summed E-state index contributed by atoms with van der Waals surface area (Å²) in [6, 6.07) is 7.22. The topological polar surface area (TPSA) is 75.3 Å². The summed E-state index contributed by atoms with van der Waals surface area (Å²) in [7, 11) is 0. The minimum Gasteiger partial charge on any atom is -0.377 e. The first-order valence-electron chi connectivity index (χ1n) is 7.62. The van der Waals surface area contributed by atoms with Crippen LogP contribution >= 0.6 is 0 Å². The fourth-order valence-corrected chi connectivity index (χ4v) is 3.16. The molecular weight excluding hydrogens is 282 g/mol. The van der Waals surface area contributed by atoms with Gasteiger partial charge in [0.25, 0.3) is 11.5 Å². The lowest BCUT2D eigenvalue weighted by atomic mass is 10.1. The first-order chi connectivity index (χ1) is 10.8. The van der Waals surface area contributed by atoms with Crippen LogP contribution in [0.2, 0.25) is 0 Å². The van der Waals surface area contributed by atoms with Gasteiger partial charge in [-0.15, -0.1) is 0 Å². The number of nitrogens with zero attached hydrogens (tertiary/aromatic N) is 2. The number of nitrogens with one attached hydrogen (secondary N) is 1. The van der Waals surface area contributed by atoms with Crippen LogP contribution in [0.25, 0.3) is 10.8 Å². The van der Waals surface area contributed by atoms with Crippen molar-refractivity contribution in [2.45, 2.75) is 18.9 Å². The van der Waals surface area contributed by atoms with Crippen LogP contribution in [-0.4, -0.2) is 46.8 Å². The summed E-state index contributed by atoms with van der Waals surface area (Å²) in [5.74, 6) is 0.422. The Morgan fingerprint density at radius 3 is 2.82 bits per heavy atom. The van der Waals surface area contributed by atoms with Crippen LogP contribution in [0.3, 0.4) is 0 Å². The van der Waals surface area contributed by atoms with Crippen molar-refractivity contribution in [3.63, 3.8) is 0 Å². The number of amides is 1. The van der Waals surface area contributed by atoms with Gasteiger partial charge in [0.1, 0.15) is 0 Å². The summed E-state index contributed by atoms with van der Waals surface area (Å²) in [5, 5.41) is 7.57. The number of hydrogen-bond acceptors (Lipinski definition) is 4. The third-order valence-electron chi connectivity index (χ3n) is 4.49. The van der Waals surface area contributed by atoms with Crippen LogP contribution in [0.4, 0.5) is 0 Å². The first-order valence-corrected chi connectivity index (χ1v) is 7.62. The van der Waals surface area contributed by atoms with E-state index in [0.717, 1.165) is 12.8 Å². The maximum atomic E-state index is 13.0. The fourth-order valence-electron chi connectivity index (χ4n) is 3.16. The summed E-state index contributed by atoms with van der Waals surface area (Å²) in [4.78, 5) is 26.7. The van der Waals surface area contributed by atoms with Crippen LogP contribution in [0.15, 0.2) is 29.1 Å². The summed E-state index contributed by atoms with van der Waals surface area (Å²) < 4.78 is 5.53. The molecule has 22 heavy (non-hydrogen) atoms. The van der Waals surface area contributed by atoms with Crippen molar-refractivity contribution in [2.75, 3.05) is 19.8 Å². The molecule has 4 rings (SSSR count).